The molecule has 19 heavy (non-hydrogen) atoms. The molecule has 1 aromatic carbocycles. The molecule has 1 aromatic heterocycles. The molecular formula is C15H15ClN2O. The van der Waals surface area contributed by atoms with Gasteiger partial charge in [0.05, 0.1) is 6.54 Å². The minimum Gasteiger partial charge on any atom is -0.489 e. The quantitative estimate of drug-likeness (QED) is 0.858. The molecule has 1 aliphatic heterocycles. The first-order chi connectivity index (χ1) is 9.31. The first-order valence-electron chi connectivity index (χ1n) is 6.38. The normalized spacial score (nSPS) is 18.6. The molecule has 0 aliphatic carbocycles. The van der Waals surface area contributed by atoms with Crippen molar-refractivity contribution in [1.29, 1.82) is 0 Å². The van der Waals surface area contributed by atoms with Crippen molar-refractivity contribution in [3.05, 3.63) is 53.8 Å². The number of rotatable bonds is 3. The third-order valence-electron chi connectivity index (χ3n) is 3.29. The van der Waals surface area contributed by atoms with Crippen molar-refractivity contribution in [3.63, 3.8) is 0 Å². The monoisotopic (exact) mass is 274 g/mol. The SMILES string of the molecule is Clc1ccc(OC2CCN(c3ccncc3)C2)cc1. The van der Waals surface area contributed by atoms with Gasteiger partial charge in [-0.25, -0.2) is 0 Å². The van der Waals surface area contributed by atoms with Crippen LogP contribution in [0.3, 0.4) is 0 Å². The predicted molar refractivity (Wildman–Crippen MR) is 76.9 cm³/mol. The third-order valence-corrected chi connectivity index (χ3v) is 3.54. The Hall–Kier alpha value is -1.74. The summed E-state index contributed by atoms with van der Waals surface area (Å²) in [5, 5.41) is 0.734. The Morgan fingerprint density at radius 2 is 1.84 bits per heavy atom. The van der Waals surface area contributed by atoms with E-state index in [0.29, 0.717) is 0 Å². The molecule has 1 unspecified atom stereocenters. The van der Waals surface area contributed by atoms with Crippen molar-refractivity contribution < 1.29 is 4.74 Å². The Kier molecular flexibility index (Phi) is 3.56. The summed E-state index contributed by atoms with van der Waals surface area (Å²) in [6.07, 6.45) is 4.91. The van der Waals surface area contributed by atoms with Gasteiger partial charge in [-0.3, -0.25) is 4.98 Å². The maximum absolute atomic E-state index is 5.97. The molecule has 0 bridgehead atoms. The van der Waals surface area contributed by atoms with E-state index in [0.717, 1.165) is 30.3 Å². The van der Waals surface area contributed by atoms with Gasteiger partial charge in [0.2, 0.25) is 0 Å². The second kappa shape index (κ2) is 5.49. The van der Waals surface area contributed by atoms with Crippen LogP contribution in [0.5, 0.6) is 5.75 Å². The predicted octanol–water partition coefficient (Wildman–Crippen LogP) is 3.39. The number of benzene rings is 1. The van der Waals surface area contributed by atoms with Gasteiger partial charge in [-0.2, -0.15) is 0 Å². The van der Waals surface area contributed by atoms with Crippen molar-refractivity contribution in [1.82, 2.24) is 4.98 Å². The zero-order valence-electron chi connectivity index (χ0n) is 10.5. The average molecular weight is 275 g/mol. The van der Waals surface area contributed by atoms with Crippen LogP contribution in [0.4, 0.5) is 5.69 Å². The molecule has 0 N–H and O–H groups in total. The van der Waals surface area contributed by atoms with Crippen LogP contribution in [0.2, 0.25) is 5.02 Å². The van der Waals surface area contributed by atoms with Crippen LogP contribution in [0.15, 0.2) is 48.8 Å². The molecule has 2 aromatic rings. The first kappa shape index (κ1) is 12.3. The van der Waals surface area contributed by atoms with E-state index < -0.39 is 0 Å². The Balaban J connectivity index is 1.62. The summed E-state index contributed by atoms with van der Waals surface area (Å²) in [7, 11) is 0. The van der Waals surface area contributed by atoms with Crippen molar-refractivity contribution in [2.75, 3.05) is 18.0 Å². The Bertz CT molecular complexity index is 530. The van der Waals surface area contributed by atoms with E-state index in [1.54, 1.807) is 0 Å². The second-order valence-corrected chi connectivity index (χ2v) is 5.07. The summed E-state index contributed by atoms with van der Waals surface area (Å²) in [4.78, 5) is 6.36. The highest BCUT2D eigenvalue weighted by Gasteiger charge is 2.24. The summed E-state index contributed by atoms with van der Waals surface area (Å²) in [6, 6.07) is 11.6. The highest BCUT2D eigenvalue weighted by atomic mass is 35.5. The van der Waals surface area contributed by atoms with Crippen LogP contribution in [-0.2, 0) is 0 Å². The Morgan fingerprint density at radius 1 is 1.11 bits per heavy atom. The number of anilines is 1. The maximum atomic E-state index is 5.97. The number of aromatic nitrogens is 1. The van der Waals surface area contributed by atoms with E-state index >= 15 is 0 Å². The fraction of sp³-hybridized carbons (Fsp3) is 0.267. The van der Waals surface area contributed by atoms with Crippen molar-refractivity contribution in [2.45, 2.75) is 12.5 Å². The molecule has 1 fully saturated rings. The van der Waals surface area contributed by atoms with Gasteiger partial charge in [-0.05, 0) is 36.4 Å². The summed E-state index contributed by atoms with van der Waals surface area (Å²) >= 11 is 5.86. The van der Waals surface area contributed by atoms with E-state index in [4.69, 9.17) is 16.3 Å². The fourth-order valence-corrected chi connectivity index (χ4v) is 2.45. The maximum Gasteiger partial charge on any atom is 0.119 e. The van der Waals surface area contributed by atoms with Crippen LogP contribution in [0, 0.1) is 0 Å². The van der Waals surface area contributed by atoms with E-state index in [1.807, 2.05) is 48.8 Å². The average Bonchev–Trinajstić information content (AvgIpc) is 2.91. The Morgan fingerprint density at radius 3 is 2.58 bits per heavy atom. The van der Waals surface area contributed by atoms with E-state index in [9.17, 15) is 0 Å². The van der Waals surface area contributed by atoms with Crippen LogP contribution >= 0.6 is 11.6 Å². The molecule has 3 nitrogen and oxygen atoms in total. The highest BCUT2D eigenvalue weighted by Crippen LogP contribution is 2.23. The number of ether oxygens (including phenoxy) is 1. The highest BCUT2D eigenvalue weighted by molar-refractivity contribution is 6.30. The van der Waals surface area contributed by atoms with E-state index in [1.165, 1.54) is 5.69 Å². The lowest BCUT2D eigenvalue weighted by Gasteiger charge is -2.18. The fourth-order valence-electron chi connectivity index (χ4n) is 2.32. The van der Waals surface area contributed by atoms with Crippen molar-refractivity contribution in [2.24, 2.45) is 0 Å². The van der Waals surface area contributed by atoms with E-state index in [2.05, 4.69) is 9.88 Å². The van der Waals surface area contributed by atoms with Gasteiger partial charge < -0.3 is 9.64 Å². The summed E-state index contributed by atoms with van der Waals surface area (Å²) in [5.74, 6) is 0.881. The van der Waals surface area contributed by atoms with Crippen LogP contribution < -0.4 is 9.64 Å². The molecule has 0 amide bonds. The smallest absolute Gasteiger partial charge is 0.119 e. The molecule has 1 atom stereocenters. The molecule has 0 saturated carbocycles. The van der Waals surface area contributed by atoms with E-state index in [-0.39, 0.29) is 6.10 Å². The zero-order chi connectivity index (χ0) is 13.1. The molecule has 1 aliphatic rings. The molecular weight excluding hydrogens is 260 g/mol. The lowest BCUT2D eigenvalue weighted by Crippen LogP contribution is -2.24. The number of pyridine rings is 1. The lowest BCUT2D eigenvalue weighted by atomic mass is 10.3. The molecule has 1 saturated heterocycles. The number of nitrogens with zero attached hydrogens (tertiary/aromatic N) is 2. The summed E-state index contributed by atoms with van der Waals surface area (Å²) < 4.78 is 5.97. The van der Waals surface area contributed by atoms with Gasteiger partial charge in [0, 0.05) is 36.1 Å². The van der Waals surface area contributed by atoms with Crippen LogP contribution in [-0.4, -0.2) is 24.2 Å². The van der Waals surface area contributed by atoms with Gasteiger partial charge in [0.25, 0.3) is 0 Å². The van der Waals surface area contributed by atoms with Crippen LogP contribution in [0.1, 0.15) is 6.42 Å². The molecule has 0 radical (unpaired) electrons. The van der Waals surface area contributed by atoms with Gasteiger partial charge in [-0.15, -0.1) is 0 Å². The van der Waals surface area contributed by atoms with Gasteiger partial charge in [0.1, 0.15) is 11.9 Å². The standard InChI is InChI=1S/C15H15ClN2O/c16-12-1-3-14(4-2-12)19-15-7-10-18(11-15)13-5-8-17-9-6-13/h1-6,8-9,15H,7,10-11H2. The lowest BCUT2D eigenvalue weighted by molar-refractivity contribution is 0.225. The third kappa shape index (κ3) is 2.99. The minimum absolute atomic E-state index is 0.231. The summed E-state index contributed by atoms with van der Waals surface area (Å²) in [6.45, 7) is 1.93. The van der Waals surface area contributed by atoms with Crippen LogP contribution in [0.25, 0.3) is 0 Å². The molecule has 4 heteroatoms. The second-order valence-electron chi connectivity index (χ2n) is 4.63. The zero-order valence-corrected chi connectivity index (χ0v) is 11.3. The first-order valence-corrected chi connectivity index (χ1v) is 6.76. The number of hydrogen-bond acceptors (Lipinski definition) is 3. The molecule has 3 rings (SSSR count). The number of halogens is 1. The Labute approximate surface area is 117 Å². The van der Waals surface area contributed by atoms with Gasteiger partial charge >= 0.3 is 0 Å². The van der Waals surface area contributed by atoms with Crippen molar-refractivity contribution in [3.8, 4) is 5.75 Å². The van der Waals surface area contributed by atoms with Gasteiger partial charge in [-0.1, -0.05) is 11.6 Å². The van der Waals surface area contributed by atoms with Gasteiger partial charge in [0.15, 0.2) is 0 Å². The summed E-state index contributed by atoms with van der Waals surface area (Å²) in [5.41, 5.74) is 1.21. The number of hydrogen-bond donors (Lipinski definition) is 0. The molecule has 98 valence electrons. The largest absolute Gasteiger partial charge is 0.489 e. The molecule has 0 spiro atoms. The molecule has 2 heterocycles. The topological polar surface area (TPSA) is 25.4 Å². The van der Waals surface area contributed by atoms with Crippen molar-refractivity contribution >= 4 is 17.3 Å². The minimum atomic E-state index is 0.231.